The molecule has 0 amide bonds. The summed E-state index contributed by atoms with van der Waals surface area (Å²) in [5.74, 6) is 1.97. The first-order chi connectivity index (χ1) is 9.64. The maximum atomic E-state index is 6.12. The van der Waals surface area contributed by atoms with Crippen LogP contribution in [0.5, 0.6) is 11.5 Å². The number of pyridine rings is 1. The van der Waals surface area contributed by atoms with Crippen molar-refractivity contribution in [2.24, 2.45) is 11.7 Å². The highest BCUT2D eigenvalue weighted by atomic mass is 16.5. The highest BCUT2D eigenvalue weighted by Crippen LogP contribution is 2.38. The third-order valence-electron chi connectivity index (χ3n) is 4.07. The predicted molar refractivity (Wildman–Crippen MR) is 76.9 cm³/mol. The van der Waals surface area contributed by atoms with Crippen LogP contribution in [0.1, 0.15) is 31.9 Å². The number of nitrogens with zero attached hydrogens (tertiary/aromatic N) is 1. The van der Waals surface area contributed by atoms with E-state index in [0.29, 0.717) is 30.6 Å². The lowest BCUT2D eigenvalue weighted by atomic mass is 10.0. The van der Waals surface area contributed by atoms with Gasteiger partial charge in [-0.25, -0.2) is 0 Å². The average molecular weight is 280 g/mol. The molecule has 0 spiro atoms. The maximum absolute atomic E-state index is 6.12. The van der Waals surface area contributed by atoms with E-state index in [1.807, 2.05) is 0 Å². The molecule has 1 saturated carbocycles. The zero-order valence-electron chi connectivity index (χ0n) is 12.5. The van der Waals surface area contributed by atoms with Gasteiger partial charge in [0.15, 0.2) is 11.5 Å². The Kier molecular flexibility index (Phi) is 4.83. The van der Waals surface area contributed by atoms with E-state index in [0.717, 1.165) is 18.5 Å². The van der Waals surface area contributed by atoms with Gasteiger partial charge >= 0.3 is 0 Å². The predicted octanol–water partition coefficient (Wildman–Crippen LogP) is 2.13. The quantitative estimate of drug-likeness (QED) is 0.864. The summed E-state index contributed by atoms with van der Waals surface area (Å²) in [7, 11) is 3.22. The molecule has 0 bridgehead atoms. The van der Waals surface area contributed by atoms with Gasteiger partial charge in [0, 0.05) is 18.8 Å². The van der Waals surface area contributed by atoms with E-state index in [1.165, 1.54) is 6.42 Å². The van der Waals surface area contributed by atoms with E-state index in [-0.39, 0.29) is 5.60 Å². The first-order valence-corrected chi connectivity index (χ1v) is 7.04. The molecule has 0 aliphatic heterocycles. The average Bonchev–Trinajstić information content (AvgIpc) is 2.86. The molecule has 1 aromatic rings. The second-order valence-corrected chi connectivity index (χ2v) is 5.52. The van der Waals surface area contributed by atoms with Crippen LogP contribution in [0.15, 0.2) is 12.3 Å². The van der Waals surface area contributed by atoms with Gasteiger partial charge in [-0.1, -0.05) is 6.92 Å². The Morgan fingerprint density at radius 1 is 1.40 bits per heavy atom. The SMILES string of the molecule is COc1ccnc(COC2(CN)CCC(C)C2)c1OC. The molecule has 1 aliphatic rings. The second kappa shape index (κ2) is 6.41. The molecule has 2 unspecified atom stereocenters. The molecule has 0 radical (unpaired) electrons. The molecular weight excluding hydrogens is 256 g/mol. The molecule has 1 aromatic heterocycles. The lowest BCUT2D eigenvalue weighted by Crippen LogP contribution is -2.38. The van der Waals surface area contributed by atoms with Crippen LogP contribution in [0.3, 0.4) is 0 Å². The number of hydrogen-bond acceptors (Lipinski definition) is 5. The van der Waals surface area contributed by atoms with Crippen molar-refractivity contribution in [1.82, 2.24) is 4.98 Å². The largest absolute Gasteiger partial charge is 0.493 e. The lowest BCUT2D eigenvalue weighted by molar-refractivity contribution is -0.0490. The Morgan fingerprint density at radius 2 is 2.20 bits per heavy atom. The number of rotatable bonds is 6. The van der Waals surface area contributed by atoms with E-state index in [1.54, 1.807) is 26.5 Å². The molecule has 2 rings (SSSR count). The lowest BCUT2D eigenvalue weighted by Gasteiger charge is -2.28. The molecule has 112 valence electrons. The van der Waals surface area contributed by atoms with Gasteiger partial charge in [-0.05, 0) is 25.2 Å². The third kappa shape index (κ3) is 3.04. The van der Waals surface area contributed by atoms with E-state index in [4.69, 9.17) is 19.9 Å². The summed E-state index contributed by atoms with van der Waals surface area (Å²) < 4.78 is 16.8. The first kappa shape index (κ1) is 15.1. The van der Waals surface area contributed by atoms with Crippen LogP contribution in [0.25, 0.3) is 0 Å². The van der Waals surface area contributed by atoms with Crippen LogP contribution in [-0.2, 0) is 11.3 Å². The van der Waals surface area contributed by atoms with Crippen molar-refractivity contribution in [3.8, 4) is 11.5 Å². The third-order valence-corrected chi connectivity index (χ3v) is 4.07. The smallest absolute Gasteiger partial charge is 0.184 e. The van der Waals surface area contributed by atoms with Gasteiger partial charge in [0.2, 0.25) is 0 Å². The first-order valence-electron chi connectivity index (χ1n) is 7.04. The van der Waals surface area contributed by atoms with Crippen molar-refractivity contribution in [1.29, 1.82) is 0 Å². The highest BCUT2D eigenvalue weighted by molar-refractivity contribution is 5.42. The summed E-state index contributed by atoms with van der Waals surface area (Å²) in [5, 5.41) is 0. The summed E-state index contributed by atoms with van der Waals surface area (Å²) in [5.41, 5.74) is 6.46. The monoisotopic (exact) mass is 280 g/mol. The van der Waals surface area contributed by atoms with Crippen molar-refractivity contribution in [3.05, 3.63) is 18.0 Å². The number of methoxy groups -OCH3 is 2. The summed E-state index contributed by atoms with van der Waals surface area (Å²) in [6.45, 7) is 3.18. The minimum atomic E-state index is -0.213. The van der Waals surface area contributed by atoms with Crippen LogP contribution in [0.4, 0.5) is 0 Å². The highest BCUT2D eigenvalue weighted by Gasteiger charge is 2.37. The fourth-order valence-electron chi connectivity index (χ4n) is 2.90. The van der Waals surface area contributed by atoms with Gasteiger partial charge in [-0.2, -0.15) is 0 Å². The molecule has 2 atom stereocenters. The Balaban J connectivity index is 2.10. The number of ether oxygens (including phenoxy) is 3. The van der Waals surface area contributed by atoms with Crippen molar-refractivity contribution < 1.29 is 14.2 Å². The summed E-state index contributed by atoms with van der Waals surface area (Å²) in [4.78, 5) is 4.33. The summed E-state index contributed by atoms with van der Waals surface area (Å²) in [6, 6.07) is 1.78. The number of nitrogens with two attached hydrogens (primary N) is 1. The molecular formula is C15H24N2O3. The van der Waals surface area contributed by atoms with Crippen LogP contribution in [0.2, 0.25) is 0 Å². The zero-order chi connectivity index (χ0) is 14.6. The standard InChI is InChI=1S/C15H24N2O3/c1-11-4-6-15(8-11,10-16)20-9-12-14(19-3)13(18-2)5-7-17-12/h5,7,11H,4,6,8-10,16H2,1-3H3. The minimum absolute atomic E-state index is 0.213. The Hall–Kier alpha value is -1.33. The van der Waals surface area contributed by atoms with Crippen LogP contribution in [-0.4, -0.2) is 31.3 Å². The van der Waals surface area contributed by atoms with Gasteiger partial charge in [0.25, 0.3) is 0 Å². The van der Waals surface area contributed by atoms with Crippen LogP contribution >= 0.6 is 0 Å². The van der Waals surface area contributed by atoms with Gasteiger partial charge in [0.1, 0.15) is 5.69 Å². The zero-order valence-corrected chi connectivity index (χ0v) is 12.5. The molecule has 1 fully saturated rings. The molecule has 1 aliphatic carbocycles. The van der Waals surface area contributed by atoms with Crippen molar-refractivity contribution in [2.45, 2.75) is 38.4 Å². The maximum Gasteiger partial charge on any atom is 0.184 e. The van der Waals surface area contributed by atoms with Crippen LogP contribution < -0.4 is 15.2 Å². The van der Waals surface area contributed by atoms with Crippen molar-refractivity contribution in [2.75, 3.05) is 20.8 Å². The summed E-state index contributed by atoms with van der Waals surface area (Å²) in [6.07, 6.45) is 4.89. The van der Waals surface area contributed by atoms with Gasteiger partial charge in [0.05, 0.1) is 26.4 Å². The summed E-state index contributed by atoms with van der Waals surface area (Å²) >= 11 is 0. The number of hydrogen-bond donors (Lipinski definition) is 1. The molecule has 1 heterocycles. The topological polar surface area (TPSA) is 66.6 Å². The van der Waals surface area contributed by atoms with Crippen molar-refractivity contribution in [3.63, 3.8) is 0 Å². The molecule has 5 nitrogen and oxygen atoms in total. The fraction of sp³-hybridized carbons (Fsp3) is 0.667. The molecule has 5 heteroatoms. The van der Waals surface area contributed by atoms with Crippen LogP contribution in [0, 0.1) is 5.92 Å². The molecule has 20 heavy (non-hydrogen) atoms. The molecule has 0 saturated heterocycles. The fourth-order valence-corrected chi connectivity index (χ4v) is 2.90. The molecule has 0 aromatic carbocycles. The van der Waals surface area contributed by atoms with Gasteiger partial charge in [-0.3, -0.25) is 4.98 Å². The van der Waals surface area contributed by atoms with E-state index in [2.05, 4.69) is 11.9 Å². The van der Waals surface area contributed by atoms with E-state index >= 15 is 0 Å². The van der Waals surface area contributed by atoms with E-state index < -0.39 is 0 Å². The van der Waals surface area contributed by atoms with Gasteiger partial charge < -0.3 is 19.9 Å². The number of aromatic nitrogens is 1. The Bertz CT molecular complexity index is 453. The van der Waals surface area contributed by atoms with Crippen molar-refractivity contribution >= 4 is 0 Å². The molecule has 2 N–H and O–H groups in total. The Labute approximate surface area is 120 Å². The van der Waals surface area contributed by atoms with Gasteiger partial charge in [-0.15, -0.1) is 0 Å². The minimum Gasteiger partial charge on any atom is -0.493 e. The normalized spacial score (nSPS) is 25.7. The Morgan fingerprint density at radius 3 is 2.75 bits per heavy atom. The second-order valence-electron chi connectivity index (χ2n) is 5.52. The van der Waals surface area contributed by atoms with E-state index in [9.17, 15) is 0 Å².